The molecule has 20 heavy (non-hydrogen) atoms. The Morgan fingerprint density at radius 2 is 1.75 bits per heavy atom. The minimum absolute atomic E-state index is 0.356. The van der Waals surface area contributed by atoms with Crippen LogP contribution in [0.2, 0.25) is 0 Å². The third-order valence-corrected chi connectivity index (χ3v) is 7.57. The van der Waals surface area contributed by atoms with Gasteiger partial charge in [-0.1, -0.05) is 0 Å². The topological polar surface area (TPSA) is 58.2 Å². The predicted octanol–water partition coefficient (Wildman–Crippen LogP) is 1.32. The highest BCUT2D eigenvalue weighted by Crippen LogP contribution is 2.43. The molecule has 3 rings (SSSR count). The fraction of sp³-hybridized carbons (Fsp3) is 1.00. The van der Waals surface area contributed by atoms with Crippen LogP contribution in [0.5, 0.6) is 0 Å². The number of sulfone groups is 1. The molecular weight excluding hydrogens is 272 g/mol. The Balaban J connectivity index is 1.40. The first-order chi connectivity index (χ1) is 9.57. The van der Waals surface area contributed by atoms with Crippen molar-refractivity contribution in [2.75, 3.05) is 31.1 Å². The molecule has 0 aromatic heterocycles. The monoisotopic (exact) mass is 300 g/mol. The average Bonchev–Trinajstić information content (AvgIpc) is 2.79. The Bertz CT molecular complexity index is 419. The van der Waals surface area contributed by atoms with Crippen molar-refractivity contribution in [3.05, 3.63) is 0 Å². The summed E-state index contributed by atoms with van der Waals surface area (Å²) in [6.07, 6.45) is 8.82. The predicted molar refractivity (Wildman–Crippen MR) is 81.6 cm³/mol. The highest BCUT2D eigenvalue weighted by atomic mass is 32.2. The van der Waals surface area contributed by atoms with Crippen LogP contribution >= 0.6 is 0 Å². The number of piperidine rings is 1. The summed E-state index contributed by atoms with van der Waals surface area (Å²) >= 11 is 0. The van der Waals surface area contributed by atoms with E-state index in [1.807, 2.05) is 0 Å². The Morgan fingerprint density at radius 3 is 2.35 bits per heavy atom. The van der Waals surface area contributed by atoms with Crippen LogP contribution in [0.25, 0.3) is 0 Å². The molecule has 4 nitrogen and oxygen atoms in total. The van der Waals surface area contributed by atoms with Crippen LogP contribution in [0.1, 0.15) is 44.9 Å². The van der Waals surface area contributed by atoms with Gasteiger partial charge in [-0.25, -0.2) is 8.42 Å². The van der Waals surface area contributed by atoms with Crippen LogP contribution in [0.15, 0.2) is 0 Å². The van der Waals surface area contributed by atoms with Gasteiger partial charge in [0, 0.05) is 6.04 Å². The zero-order valence-corrected chi connectivity index (χ0v) is 13.2. The molecule has 2 aliphatic heterocycles. The Hall–Kier alpha value is -0.130. The van der Waals surface area contributed by atoms with Crippen LogP contribution in [0.3, 0.4) is 0 Å². The minimum atomic E-state index is -2.72. The molecule has 1 unspecified atom stereocenters. The van der Waals surface area contributed by atoms with Crippen LogP contribution < -0.4 is 10.6 Å². The second-order valence-corrected chi connectivity index (χ2v) is 9.43. The van der Waals surface area contributed by atoms with Crippen molar-refractivity contribution >= 4 is 9.84 Å². The molecule has 2 N–H and O–H groups in total. The van der Waals surface area contributed by atoms with Gasteiger partial charge in [0.25, 0.3) is 0 Å². The summed E-state index contributed by atoms with van der Waals surface area (Å²) in [5.74, 6) is 1.16. The lowest BCUT2D eigenvalue weighted by atomic mass is 9.67. The fourth-order valence-corrected chi connectivity index (χ4v) is 6.12. The summed E-state index contributed by atoms with van der Waals surface area (Å²) in [7, 11) is -2.72. The maximum atomic E-state index is 11.5. The summed E-state index contributed by atoms with van der Waals surface area (Å²) in [4.78, 5) is 0. The number of hydrogen-bond donors (Lipinski definition) is 2. The van der Waals surface area contributed by atoms with E-state index in [0.717, 1.165) is 13.0 Å². The first-order valence-corrected chi connectivity index (χ1v) is 10.0. The summed E-state index contributed by atoms with van der Waals surface area (Å²) < 4.78 is 22.9. The summed E-state index contributed by atoms with van der Waals surface area (Å²) in [6, 6.07) is 0.624. The normalized spacial score (nSPS) is 33.5. The molecule has 1 atom stereocenters. The molecule has 116 valence electrons. The van der Waals surface area contributed by atoms with Gasteiger partial charge in [-0.2, -0.15) is 0 Å². The molecule has 1 aliphatic carbocycles. The Morgan fingerprint density at radius 1 is 1.05 bits per heavy atom. The van der Waals surface area contributed by atoms with Crippen molar-refractivity contribution in [3.63, 3.8) is 0 Å². The van der Waals surface area contributed by atoms with Crippen molar-refractivity contribution in [1.82, 2.24) is 10.6 Å². The zero-order chi connectivity index (χ0) is 14.1. The molecule has 5 heteroatoms. The highest BCUT2D eigenvalue weighted by Gasteiger charge is 2.36. The average molecular weight is 300 g/mol. The zero-order valence-electron chi connectivity index (χ0n) is 12.4. The van der Waals surface area contributed by atoms with E-state index in [4.69, 9.17) is 0 Å². The van der Waals surface area contributed by atoms with E-state index in [-0.39, 0.29) is 0 Å². The van der Waals surface area contributed by atoms with Crippen LogP contribution in [-0.4, -0.2) is 45.6 Å². The van der Waals surface area contributed by atoms with Crippen molar-refractivity contribution in [2.24, 2.45) is 11.3 Å². The van der Waals surface area contributed by atoms with E-state index < -0.39 is 9.84 Å². The minimum Gasteiger partial charge on any atom is -0.317 e. The first-order valence-electron chi connectivity index (χ1n) is 8.22. The largest absolute Gasteiger partial charge is 0.317 e. The maximum absolute atomic E-state index is 11.5. The van der Waals surface area contributed by atoms with Crippen molar-refractivity contribution in [3.8, 4) is 0 Å². The lowest BCUT2D eigenvalue weighted by Crippen LogP contribution is -2.44. The standard InChI is InChI=1S/C15H28N2O2S/c18-20(19)10-3-13(12-20)11-17-14-1-4-15(5-2-14)6-8-16-9-7-15/h13-14,16-17H,1-12H2. The molecular formula is C15H28N2O2S. The van der Waals surface area contributed by atoms with Gasteiger partial charge in [0.15, 0.2) is 9.84 Å². The molecule has 1 spiro atoms. The van der Waals surface area contributed by atoms with E-state index in [0.29, 0.717) is 28.9 Å². The quantitative estimate of drug-likeness (QED) is 0.825. The maximum Gasteiger partial charge on any atom is 0.150 e. The second-order valence-electron chi connectivity index (χ2n) is 7.20. The smallest absolute Gasteiger partial charge is 0.150 e. The molecule has 0 aromatic rings. The third kappa shape index (κ3) is 3.55. The van der Waals surface area contributed by atoms with Gasteiger partial charge in [-0.05, 0) is 75.9 Å². The summed E-state index contributed by atoms with van der Waals surface area (Å²) in [5, 5.41) is 7.11. The summed E-state index contributed by atoms with van der Waals surface area (Å²) in [5.41, 5.74) is 0.625. The van der Waals surface area contributed by atoms with E-state index in [1.165, 1.54) is 51.6 Å². The molecule has 0 radical (unpaired) electrons. The van der Waals surface area contributed by atoms with Gasteiger partial charge in [0.05, 0.1) is 11.5 Å². The van der Waals surface area contributed by atoms with Gasteiger partial charge in [-0.3, -0.25) is 0 Å². The molecule has 0 amide bonds. The van der Waals surface area contributed by atoms with Crippen LogP contribution in [-0.2, 0) is 9.84 Å². The Kier molecular flexibility index (Phi) is 4.39. The van der Waals surface area contributed by atoms with Gasteiger partial charge in [0.1, 0.15) is 0 Å². The number of nitrogens with one attached hydrogen (secondary N) is 2. The van der Waals surface area contributed by atoms with Crippen LogP contribution in [0.4, 0.5) is 0 Å². The SMILES string of the molecule is O=S1(=O)CCC(CNC2CCC3(CCNCC3)CC2)C1. The van der Waals surface area contributed by atoms with E-state index >= 15 is 0 Å². The molecule has 3 fully saturated rings. The van der Waals surface area contributed by atoms with E-state index in [2.05, 4.69) is 10.6 Å². The highest BCUT2D eigenvalue weighted by molar-refractivity contribution is 7.91. The molecule has 2 saturated heterocycles. The van der Waals surface area contributed by atoms with E-state index in [9.17, 15) is 8.42 Å². The van der Waals surface area contributed by atoms with Crippen molar-refractivity contribution < 1.29 is 8.42 Å². The lowest BCUT2D eigenvalue weighted by molar-refractivity contribution is 0.115. The lowest BCUT2D eigenvalue weighted by Gasteiger charge is -2.43. The van der Waals surface area contributed by atoms with Crippen molar-refractivity contribution in [1.29, 1.82) is 0 Å². The second kappa shape index (κ2) is 5.93. The van der Waals surface area contributed by atoms with Gasteiger partial charge < -0.3 is 10.6 Å². The van der Waals surface area contributed by atoms with Gasteiger partial charge in [-0.15, -0.1) is 0 Å². The van der Waals surface area contributed by atoms with Crippen LogP contribution in [0, 0.1) is 11.3 Å². The molecule has 0 bridgehead atoms. The van der Waals surface area contributed by atoms with Crippen molar-refractivity contribution in [2.45, 2.75) is 51.0 Å². The molecule has 1 saturated carbocycles. The first kappa shape index (κ1) is 14.8. The van der Waals surface area contributed by atoms with Gasteiger partial charge >= 0.3 is 0 Å². The molecule has 0 aromatic carbocycles. The molecule has 2 heterocycles. The third-order valence-electron chi connectivity index (χ3n) is 5.73. The number of rotatable bonds is 3. The molecule has 3 aliphatic rings. The van der Waals surface area contributed by atoms with E-state index in [1.54, 1.807) is 0 Å². The fourth-order valence-electron chi connectivity index (χ4n) is 4.26. The van der Waals surface area contributed by atoms with Gasteiger partial charge in [0.2, 0.25) is 0 Å². The Labute approximate surface area is 123 Å². The number of hydrogen-bond acceptors (Lipinski definition) is 4. The summed E-state index contributed by atoms with van der Waals surface area (Å²) in [6.45, 7) is 3.29.